The van der Waals surface area contributed by atoms with Crippen LogP contribution in [0.15, 0.2) is 0 Å². The van der Waals surface area contributed by atoms with Gasteiger partial charge in [-0.05, 0) is 0 Å². The van der Waals surface area contributed by atoms with Crippen LogP contribution in [0.1, 0.15) is 0 Å². The lowest BCUT2D eigenvalue weighted by atomic mass is 10.5. The van der Waals surface area contributed by atoms with Crippen molar-refractivity contribution < 1.29 is 9.59 Å². The Labute approximate surface area is 58.8 Å². The Bertz CT molecular complexity index is 67.3. The standard InChI is InChI=1S/C5H13BrNO/c1-7(2,3)4-5(6)8/h5,8H,4H2,1-3H3/q+1. The molecule has 3 heteroatoms. The maximum atomic E-state index is 8.79. The van der Waals surface area contributed by atoms with Crippen LogP contribution < -0.4 is 0 Å². The van der Waals surface area contributed by atoms with Gasteiger partial charge in [-0.2, -0.15) is 0 Å². The second-order valence-electron chi connectivity index (χ2n) is 2.91. The molecule has 2 nitrogen and oxygen atoms in total. The third-order valence-electron chi connectivity index (χ3n) is 0.698. The number of aliphatic hydroxyl groups is 1. The van der Waals surface area contributed by atoms with Crippen molar-refractivity contribution in [1.82, 2.24) is 0 Å². The van der Waals surface area contributed by atoms with Gasteiger partial charge in [-0.1, -0.05) is 15.9 Å². The number of hydrogen-bond acceptors (Lipinski definition) is 1. The van der Waals surface area contributed by atoms with E-state index in [1.165, 1.54) is 0 Å². The van der Waals surface area contributed by atoms with Crippen LogP contribution in [-0.4, -0.2) is 42.3 Å². The van der Waals surface area contributed by atoms with Gasteiger partial charge in [-0.3, -0.25) is 0 Å². The number of alkyl halides is 1. The molecule has 0 aromatic carbocycles. The van der Waals surface area contributed by atoms with Crippen LogP contribution in [0, 0.1) is 0 Å². The third kappa shape index (κ3) is 6.40. The fourth-order valence-electron chi connectivity index (χ4n) is 0.452. The smallest absolute Gasteiger partial charge is 0.157 e. The van der Waals surface area contributed by atoms with Crippen molar-refractivity contribution in [1.29, 1.82) is 0 Å². The summed E-state index contributed by atoms with van der Waals surface area (Å²) >= 11 is 3.05. The van der Waals surface area contributed by atoms with Gasteiger partial charge >= 0.3 is 0 Å². The van der Waals surface area contributed by atoms with Gasteiger partial charge in [0.25, 0.3) is 0 Å². The highest BCUT2D eigenvalue weighted by molar-refractivity contribution is 9.09. The molecule has 1 atom stereocenters. The van der Waals surface area contributed by atoms with Crippen LogP contribution in [-0.2, 0) is 0 Å². The first-order valence-electron chi connectivity index (χ1n) is 2.54. The molecule has 0 aromatic rings. The quantitative estimate of drug-likeness (QED) is 0.485. The van der Waals surface area contributed by atoms with E-state index in [1.807, 2.05) is 21.1 Å². The predicted molar refractivity (Wildman–Crippen MR) is 37.8 cm³/mol. The molecule has 0 radical (unpaired) electrons. The number of nitrogens with zero attached hydrogens (tertiary/aromatic N) is 1. The van der Waals surface area contributed by atoms with Crippen LogP contribution in [0.2, 0.25) is 0 Å². The molecule has 0 rings (SSSR count). The molecule has 1 N–H and O–H groups in total. The van der Waals surface area contributed by atoms with Crippen molar-refractivity contribution in [2.45, 2.75) is 5.01 Å². The van der Waals surface area contributed by atoms with Gasteiger partial charge in [-0.15, -0.1) is 0 Å². The van der Waals surface area contributed by atoms with Crippen molar-refractivity contribution in [3.63, 3.8) is 0 Å². The predicted octanol–water partition coefficient (Wildman–Crippen LogP) is 0.406. The minimum Gasteiger partial charge on any atom is -0.376 e. The van der Waals surface area contributed by atoms with E-state index in [4.69, 9.17) is 5.11 Å². The van der Waals surface area contributed by atoms with Crippen molar-refractivity contribution in [3.05, 3.63) is 0 Å². The Morgan fingerprint density at radius 1 is 1.50 bits per heavy atom. The fourth-order valence-corrected chi connectivity index (χ4v) is 1.32. The number of halogens is 1. The van der Waals surface area contributed by atoms with Gasteiger partial charge in [-0.25, -0.2) is 0 Å². The summed E-state index contributed by atoms with van der Waals surface area (Å²) < 4.78 is 0.784. The average Bonchev–Trinajstić information content (AvgIpc) is 1.21. The highest BCUT2D eigenvalue weighted by atomic mass is 79.9. The molecule has 0 aliphatic heterocycles. The van der Waals surface area contributed by atoms with E-state index in [2.05, 4.69) is 15.9 Å². The number of aliphatic hydroxyl groups excluding tert-OH is 1. The first-order valence-corrected chi connectivity index (χ1v) is 3.46. The van der Waals surface area contributed by atoms with Crippen LogP contribution in [0.25, 0.3) is 0 Å². The van der Waals surface area contributed by atoms with Crippen molar-refractivity contribution in [2.24, 2.45) is 0 Å². The monoisotopic (exact) mass is 182 g/mol. The van der Waals surface area contributed by atoms with Crippen LogP contribution in [0.3, 0.4) is 0 Å². The Morgan fingerprint density at radius 3 is 1.88 bits per heavy atom. The second-order valence-corrected chi connectivity index (χ2v) is 3.96. The molecule has 0 aliphatic carbocycles. The van der Waals surface area contributed by atoms with E-state index >= 15 is 0 Å². The molecule has 0 aliphatic rings. The van der Waals surface area contributed by atoms with Gasteiger partial charge in [0.15, 0.2) is 5.01 Å². The zero-order valence-electron chi connectivity index (χ0n) is 5.56. The van der Waals surface area contributed by atoms with E-state index in [-0.39, 0.29) is 5.01 Å². The van der Waals surface area contributed by atoms with E-state index < -0.39 is 0 Å². The zero-order valence-corrected chi connectivity index (χ0v) is 7.14. The molecule has 0 saturated carbocycles. The Kier molecular flexibility index (Phi) is 2.94. The molecule has 0 bridgehead atoms. The molecule has 0 aromatic heterocycles. The second kappa shape index (κ2) is 2.80. The van der Waals surface area contributed by atoms with Gasteiger partial charge < -0.3 is 9.59 Å². The summed E-state index contributed by atoms with van der Waals surface area (Å²) in [7, 11) is 6.10. The largest absolute Gasteiger partial charge is 0.376 e. The molecular formula is C5H13BrNO+. The molecule has 50 valence electrons. The van der Waals surface area contributed by atoms with Gasteiger partial charge in [0, 0.05) is 0 Å². The zero-order chi connectivity index (χ0) is 6.78. The molecule has 8 heavy (non-hydrogen) atoms. The first kappa shape index (κ1) is 8.40. The number of rotatable bonds is 2. The van der Waals surface area contributed by atoms with E-state index in [0.29, 0.717) is 0 Å². The fraction of sp³-hybridized carbons (Fsp3) is 1.00. The van der Waals surface area contributed by atoms with E-state index in [0.717, 1.165) is 11.0 Å². The van der Waals surface area contributed by atoms with Crippen molar-refractivity contribution in [3.8, 4) is 0 Å². The highest BCUT2D eigenvalue weighted by Gasteiger charge is 2.10. The van der Waals surface area contributed by atoms with Crippen LogP contribution in [0.4, 0.5) is 0 Å². The Morgan fingerprint density at radius 2 is 1.88 bits per heavy atom. The molecule has 0 amide bonds. The first-order chi connectivity index (χ1) is 3.42. The maximum Gasteiger partial charge on any atom is 0.157 e. The molecule has 0 spiro atoms. The van der Waals surface area contributed by atoms with Gasteiger partial charge in [0.2, 0.25) is 0 Å². The normalized spacial score (nSPS) is 16.1. The number of likely N-dealkylation sites (N-methyl/N-ethyl adjacent to an activating group) is 1. The third-order valence-corrected chi connectivity index (χ3v) is 0.988. The Hall–Kier alpha value is 0.400. The summed E-state index contributed by atoms with van der Waals surface area (Å²) in [6.07, 6.45) is 0. The molecule has 0 fully saturated rings. The summed E-state index contributed by atoms with van der Waals surface area (Å²) in [4.78, 5) is 0. The van der Waals surface area contributed by atoms with E-state index in [1.54, 1.807) is 0 Å². The topological polar surface area (TPSA) is 20.2 Å². The van der Waals surface area contributed by atoms with Gasteiger partial charge in [0.1, 0.15) is 6.54 Å². The SMILES string of the molecule is C[N+](C)(C)CC(O)Br. The molecule has 0 saturated heterocycles. The lowest BCUT2D eigenvalue weighted by Crippen LogP contribution is -2.39. The summed E-state index contributed by atoms with van der Waals surface area (Å²) in [6, 6.07) is 0. The van der Waals surface area contributed by atoms with Crippen LogP contribution in [0.5, 0.6) is 0 Å². The summed E-state index contributed by atoms with van der Waals surface area (Å²) in [5, 5.41) is 8.42. The Balaban J connectivity index is 3.39. The van der Waals surface area contributed by atoms with Crippen LogP contribution >= 0.6 is 15.9 Å². The number of quaternary nitrogens is 1. The van der Waals surface area contributed by atoms with Crippen molar-refractivity contribution in [2.75, 3.05) is 27.7 Å². The van der Waals surface area contributed by atoms with E-state index in [9.17, 15) is 0 Å². The lowest BCUT2D eigenvalue weighted by Gasteiger charge is -2.24. The minimum atomic E-state index is -0.373. The average molecular weight is 183 g/mol. The lowest BCUT2D eigenvalue weighted by molar-refractivity contribution is -0.871. The minimum absolute atomic E-state index is 0.373. The summed E-state index contributed by atoms with van der Waals surface area (Å²) in [5.74, 6) is 0. The summed E-state index contributed by atoms with van der Waals surface area (Å²) in [6.45, 7) is 0.736. The molecule has 0 heterocycles. The maximum absolute atomic E-state index is 8.79. The van der Waals surface area contributed by atoms with Crippen molar-refractivity contribution >= 4 is 15.9 Å². The summed E-state index contributed by atoms with van der Waals surface area (Å²) in [5.41, 5.74) is 0. The number of hydrogen-bond donors (Lipinski definition) is 1. The molecule has 1 unspecified atom stereocenters. The van der Waals surface area contributed by atoms with Gasteiger partial charge in [0.05, 0.1) is 21.1 Å². The molecular weight excluding hydrogens is 170 g/mol. The highest BCUT2D eigenvalue weighted by Crippen LogP contribution is 1.99.